The van der Waals surface area contributed by atoms with Crippen LogP contribution >= 0.6 is 11.8 Å². The molecule has 2 amide bonds. The van der Waals surface area contributed by atoms with Gasteiger partial charge >= 0.3 is 6.03 Å². The maximum atomic E-state index is 11.5. The van der Waals surface area contributed by atoms with Gasteiger partial charge in [-0.05, 0) is 55.8 Å². The molecule has 38 heavy (non-hydrogen) atoms. The molecule has 1 aliphatic rings. The Morgan fingerprint density at radius 3 is 2.74 bits per heavy atom. The number of hydrogen-bond donors (Lipinski definition) is 4. The minimum absolute atomic E-state index is 0.105. The number of piperidine rings is 1. The highest BCUT2D eigenvalue weighted by atomic mass is 32.2. The summed E-state index contributed by atoms with van der Waals surface area (Å²) in [5.74, 6) is 2.21. The van der Waals surface area contributed by atoms with Crippen molar-refractivity contribution in [2.24, 2.45) is 11.7 Å². The number of primary amides is 1. The quantitative estimate of drug-likeness (QED) is 0.225. The third-order valence-electron chi connectivity index (χ3n) is 6.44. The Labute approximate surface area is 228 Å². The van der Waals surface area contributed by atoms with E-state index < -0.39 is 6.03 Å². The average molecular weight is 533 g/mol. The van der Waals surface area contributed by atoms with Crippen LogP contribution in [0.15, 0.2) is 65.9 Å². The van der Waals surface area contributed by atoms with Crippen LogP contribution in [-0.2, 0) is 0 Å². The normalized spacial score (nSPS) is 16.9. The van der Waals surface area contributed by atoms with E-state index in [1.807, 2.05) is 49.4 Å². The van der Waals surface area contributed by atoms with Crippen LogP contribution in [0.4, 0.5) is 16.4 Å². The van der Waals surface area contributed by atoms with Crippen molar-refractivity contribution in [2.75, 3.05) is 23.7 Å². The monoisotopic (exact) mass is 532 g/mol. The third-order valence-corrected chi connectivity index (χ3v) is 7.40. The lowest BCUT2D eigenvalue weighted by Gasteiger charge is -2.24. The summed E-state index contributed by atoms with van der Waals surface area (Å²) in [4.78, 5) is 22.8. The molecule has 4 rings (SSSR count). The van der Waals surface area contributed by atoms with E-state index in [1.54, 1.807) is 18.0 Å². The van der Waals surface area contributed by atoms with Crippen molar-refractivity contribution in [3.05, 3.63) is 71.6 Å². The maximum Gasteiger partial charge on any atom is 0.316 e. The van der Waals surface area contributed by atoms with Crippen LogP contribution in [0.2, 0.25) is 0 Å². The molecule has 1 saturated heterocycles. The first-order chi connectivity index (χ1) is 18.4. The molecular weight excluding hydrogens is 496 g/mol. The number of aromatic nitrogens is 2. The second kappa shape index (κ2) is 12.8. The number of urea groups is 1. The molecule has 9 heteroatoms. The first-order valence-electron chi connectivity index (χ1n) is 13.0. The summed E-state index contributed by atoms with van der Waals surface area (Å²) in [6.45, 7) is 12.4. The molecule has 0 bridgehead atoms. The number of ether oxygens (including phenoxy) is 1. The lowest BCUT2D eigenvalue weighted by atomic mass is 10.0. The van der Waals surface area contributed by atoms with Gasteiger partial charge in [0.05, 0.1) is 16.3 Å². The van der Waals surface area contributed by atoms with Gasteiger partial charge in [-0.25, -0.2) is 14.8 Å². The predicted octanol–water partition coefficient (Wildman–Crippen LogP) is 6.34. The third kappa shape index (κ3) is 6.85. The van der Waals surface area contributed by atoms with Crippen molar-refractivity contribution < 1.29 is 9.53 Å². The van der Waals surface area contributed by atoms with Crippen LogP contribution in [0.1, 0.15) is 45.7 Å². The Hall–Kier alpha value is -3.56. The largest absolute Gasteiger partial charge is 0.460 e. The number of rotatable bonds is 10. The van der Waals surface area contributed by atoms with E-state index in [9.17, 15) is 4.79 Å². The molecule has 2 heterocycles. The molecular formula is C29H36N6O2S. The summed E-state index contributed by atoms with van der Waals surface area (Å²) in [5, 5.41) is 11.3. The van der Waals surface area contributed by atoms with Crippen LogP contribution in [0, 0.1) is 5.92 Å². The standard InChI is InChI=1S/C29H36N6O2S/c1-5-19(4)26(37-25-13-12-23(34-28(30)36)21-10-6-7-11-22(21)25)27(38-18(2)3)24-14-16-32-29(35-24)33-20-9-8-15-31-17-20/h6-7,10-14,16,19-20,31H,2,5,8-9,15,17H2,1,3-4H3,(H3,30,34,36)(H,32,33,35)/b27-26+. The molecule has 5 N–H and O–H groups in total. The zero-order chi connectivity index (χ0) is 27.1. The van der Waals surface area contributed by atoms with Gasteiger partial charge in [-0.2, -0.15) is 0 Å². The second-order valence-electron chi connectivity index (χ2n) is 9.51. The minimum atomic E-state index is -0.610. The Balaban J connectivity index is 1.78. The van der Waals surface area contributed by atoms with Gasteiger partial charge in [-0.3, -0.25) is 0 Å². The van der Waals surface area contributed by atoms with Gasteiger partial charge in [0, 0.05) is 35.5 Å². The van der Waals surface area contributed by atoms with E-state index in [0.29, 0.717) is 23.4 Å². The molecule has 0 saturated carbocycles. The van der Waals surface area contributed by atoms with Gasteiger partial charge in [0.15, 0.2) is 0 Å². The Bertz CT molecular complexity index is 1340. The number of amides is 2. The highest BCUT2D eigenvalue weighted by Crippen LogP contribution is 2.41. The summed E-state index contributed by atoms with van der Waals surface area (Å²) in [6.07, 6.45) is 4.87. The number of benzene rings is 2. The lowest BCUT2D eigenvalue weighted by Crippen LogP contribution is -2.38. The van der Waals surface area contributed by atoms with E-state index in [2.05, 4.69) is 41.4 Å². The van der Waals surface area contributed by atoms with Gasteiger partial charge in [0.25, 0.3) is 0 Å². The topological polar surface area (TPSA) is 114 Å². The number of hydrogen-bond acceptors (Lipinski definition) is 7. The zero-order valence-electron chi connectivity index (χ0n) is 22.2. The Morgan fingerprint density at radius 2 is 2.05 bits per heavy atom. The first-order valence-corrected chi connectivity index (χ1v) is 13.8. The fraction of sp³-hybridized carbons (Fsp3) is 0.345. The molecule has 1 aromatic heterocycles. The summed E-state index contributed by atoms with van der Waals surface area (Å²) in [6, 6.07) is 13.1. The zero-order valence-corrected chi connectivity index (χ0v) is 23.0. The molecule has 0 spiro atoms. The number of nitrogens with one attached hydrogen (secondary N) is 3. The predicted molar refractivity (Wildman–Crippen MR) is 158 cm³/mol. The number of thioether (sulfide) groups is 1. The summed E-state index contributed by atoms with van der Waals surface area (Å²) >= 11 is 1.55. The minimum Gasteiger partial charge on any atom is -0.460 e. The molecule has 1 aliphatic heterocycles. The molecule has 2 atom stereocenters. The number of nitrogens with zero attached hydrogens (tertiary/aromatic N) is 2. The van der Waals surface area contributed by atoms with E-state index in [-0.39, 0.29) is 5.92 Å². The molecule has 2 unspecified atom stereocenters. The highest BCUT2D eigenvalue weighted by Gasteiger charge is 2.22. The van der Waals surface area contributed by atoms with Gasteiger partial charge in [-0.1, -0.05) is 56.5 Å². The number of carbonyl (C=O) groups excluding carboxylic acids is 1. The maximum absolute atomic E-state index is 11.5. The second-order valence-corrected chi connectivity index (χ2v) is 10.8. The van der Waals surface area contributed by atoms with E-state index >= 15 is 0 Å². The van der Waals surface area contributed by atoms with Crippen molar-refractivity contribution in [2.45, 2.75) is 46.1 Å². The van der Waals surface area contributed by atoms with Crippen molar-refractivity contribution in [1.29, 1.82) is 0 Å². The van der Waals surface area contributed by atoms with Gasteiger partial charge in [0.1, 0.15) is 11.5 Å². The number of nitrogens with two attached hydrogens (primary N) is 1. The summed E-state index contributed by atoms with van der Waals surface area (Å²) in [7, 11) is 0. The van der Waals surface area contributed by atoms with Crippen molar-refractivity contribution >= 4 is 45.1 Å². The van der Waals surface area contributed by atoms with E-state index in [4.69, 9.17) is 15.5 Å². The van der Waals surface area contributed by atoms with Gasteiger partial charge < -0.3 is 26.4 Å². The molecule has 0 aliphatic carbocycles. The first kappa shape index (κ1) is 27.5. The van der Waals surface area contributed by atoms with Crippen molar-refractivity contribution in [3.63, 3.8) is 0 Å². The lowest BCUT2D eigenvalue weighted by molar-refractivity contribution is 0.259. The fourth-order valence-corrected chi connectivity index (χ4v) is 5.30. The van der Waals surface area contributed by atoms with E-state index in [0.717, 1.165) is 64.4 Å². The van der Waals surface area contributed by atoms with Crippen molar-refractivity contribution in [1.82, 2.24) is 15.3 Å². The van der Waals surface area contributed by atoms with Crippen LogP contribution in [0.5, 0.6) is 5.75 Å². The molecule has 200 valence electrons. The van der Waals surface area contributed by atoms with E-state index in [1.165, 1.54) is 0 Å². The molecule has 2 aromatic carbocycles. The average Bonchev–Trinajstić information content (AvgIpc) is 2.91. The smallest absolute Gasteiger partial charge is 0.316 e. The van der Waals surface area contributed by atoms with Crippen molar-refractivity contribution in [3.8, 4) is 5.75 Å². The Kier molecular flexibility index (Phi) is 9.25. The number of fused-ring (bicyclic) bond motifs is 1. The molecule has 1 fully saturated rings. The number of carbonyl (C=O) groups is 1. The summed E-state index contributed by atoms with van der Waals surface area (Å²) in [5.41, 5.74) is 6.81. The van der Waals surface area contributed by atoms with Crippen LogP contribution < -0.4 is 26.4 Å². The Morgan fingerprint density at radius 1 is 1.26 bits per heavy atom. The SMILES string of the molecule is C=C(C)S/C(=C(/Oc1ccc(NC(N)=O)c2ccccc12)C(C)CC)c1ccnc(NC2CCCNC2)n1. The summed E-state index contributed by atoms with van der Waals surface area (Å²) < 4.78 is 6.73. The number of anilines is 2. The van der Waals surface area contributed by atoms with Crippen LogP contribution in [-0.4, -0.2) is 35.1 Å². The van der Waals surface area contributed by atoms with Crippen LogP contribution in [0.25, 0.3) is 15.7 Å². The fourth-order valence-electron chi connectivity index (χ4n) is 4.39. The molecule has 3 aromatic rings. The van der Waals surface area contributed by atoms with Crippen LogP contribution in [0.3, 0.4) is 0 Å². The van der Waals surface area contributed by atoms with Gasteiger partial charge in [-0.15, -0.1) is 0 Å². The molecule has 0 radical (unpaired) electrons. The number of allylic oxidation sites excluding steroid dienone is 2. The van der Waals surface area contributed by atoms with Gasteiger partial charge in [0.2, 0.25) is 5.95 Å². The highest BCUT2D eigenvalue weighted by molar-refractivity contribution is 8.11. The molecule has 8 nitrogen and oxygen atoms in total.